The maximum atomic E-state index is 5.10. The number of hydrogen-bond acceptors (Lipinski definition) is 2. The summed E-state index contributed by atoms with van der Waals surface area (Å²) in [6, 6.07) is 0. The van der Waals surface area contributed by atoms with Crippen molar-refractivity contribution in [2.45, 2.75) is 0 Å². The first-order valence-electron chi connectivity index (χ1n) is 2.61. The van der Waals surface area contributed by atoms with E-state index in [9.17, 15) is 0 Å². The lowest BCUT2D eigenvalue weighted by Crippen LogP contribution is -1.88. The number of terminal acetylenes is 2. The number of nitrogens with zero attached hydrogens (tertiary/aromatic N) is 2. The van der Waals surface area contributed by atoms with Gasteiger partial charge >= 0.3 is 0 Å². The van der Waals surface area contributed by atoms with Gasteiger partial charge in [0.05, 0.1) is 5.56 Å². The molecule has 1 aromatic heterocycles. The molecule has 0 saturated carbocycles. The molecule has 1 rings (SSSR count). The van der Waals surface area contributed by atoms with Crippen molar-refractivity contribution in [1.29, 1.82) is 0 Å². The van der Waals surface area contributed by atoms with Gasteiger partial charge in [0.1, 0.15) is 12.0 Å². The molecule has 46 valence electrons. The van der Waals surface area contributed by atoms with E-state index < -0.39 is 0 Å². The zero-order valence-electron chi connectivity index (χ0n) is 5.20. The van der Waals surface area contributed by atoms with Crippen LogP contribution in [0.2, 0.25) is 0 Å². The Morgan fingerprint density at radius 1 is 1.30 bits per heavy atom. The first kappa shape index (κ1) is 6.32. The summed E-state index contributed by atoms with van der Waals surface area (Å²) in [6.45, 7) is 0. The predicted octanol–water partition coefficient (Wildman–Crippen LogP) is 0.439. The van der Waals surface area contributed by atoms with Crippen molar-refractivity contribution in [3.8, 4) is 24.7 Å². The Hall–Kier alpha value is -1.80. The Morgan fingerprint density at radius 2 is 2.10 bits per heavy atom. The van der Waals surface area contributed by atoms with E-state index in [1.165, 1.54) is 12.5 Å². The maximum absolute atomic E-state index is 5.10. The van der Waals surface area contributed by atoms with E-state index in [1.54, 1.807) is 0 Å². The number of hydrogen-bond donors (Lipinski definition) is 0. The van der Waals surface area contributed by atoms with Gasteiger partial charge in [-0.15, -0.1) is 12.8 Å². The van der Waals surface area contributed by atoms with E-state index in [1.807, 2.05) is 0 Å². The van der Waals surface area contributed by atoms with Crippen molar-refractivity contribution >= 4 is 0 Å². The summed E-state index contributed by atoms with van der Waals surface area (Å²) in [7, 11) is 0. The summed E-state index contributed by atoms with van der Waals surface area (Å²) in [4.78, 5) is 7.49. The van der Waals surface area contributed by atoms with Crippen LogP contribution in [0.25, 0.3) is 0 Å². The minimum Gasteiger partial charge on any atom is -0.243 e. The molecule has 10 heavy (non-hydrogen) atoms. The van der Waals surface area contributed by atoms with Crippen LogP contribution in [0.3, 0.4) is 0 Å². The second-order valence-electron chi connectivity index (χ2n) is 1.57. The number of rotatable bonds is 0. The highest BCUT2D eigenvalue weighted by atomic mass is 14.8. The van der Waals surface area contributed by atoms with Crippen LogP contribution in [0.5, 0.6) is 0 Å². The van der Waals surface area contributed by atoms with Gasteiger partial charge < -0.3 is 0 Å². The van der Waals surface area contributed by atoms with E-state index in [2.05, 4.69) is 21.8 Å². The highest BCUT2D eigenvalue weighted by Crippen LogP contribution is 1.97. The molecule has 0 radical (unpaired) electrons. The molecular weight excluding hydrogens is 124 g/mol. The summed E-state index contributed by atoms with van der Waals surface area (Å²) in [5.41, 5.74) is 1.03. The molecule has 1 heterocycles. The Balaban J connectivity index is 3.28. The van der Waals surface area contributed by atoms with Crippen LogP contribution in [0, 0.1) is 24.7 Å². The molecule has 0 N–H and O–H groups in total. The van der Waals surface area contributed by atoms with E-state index >= 15 is 0 Å². The molecule has 1 aromatic rings. The molecule has 0 fully saturated rings. The molecule has 2 heteroatoms. The molecule has 0 aliphatic carbocycles. The summed E-state index contributed by atoms with van der Waals surface area (Å²) in [5.74, 6) is 4.73. The molecule has 0 atom stereocenters. The fourth-order valence-electron chi connectivity index (χ4n) is 0.550. The predicted molar refractivity (Wildman–Crippen MR) is 37.9 cm³/mol. The Morgan fingerprint density at radius 3 is 2.60 bits per heavy atom. The minimum absolute atomic E-state index is 0.470. The first-order valence-corrected chi connectivity index (χ1v) is 2.61. The third-order valence-electron chi connectivity index (χ3n) is 1.00. The maximum Gasteiger partial charge on any atom is 0.131 e. The SMILES string of the molecule is C#Cc1cncnc1C#C. The van der Waals surface area contributed by atoms with Crippen molar-refractivity contribution in [1.82, 2.24) is 9.97 Å². The third-order valence-corrected chi connectivity index (χ3v) is 1.00. The molecule has 0 aliphatic rings. The van der Waals surface area contributed by atoms with Crippen molar-refractivity contribution in [2.24, 2.45) is 0 Å². The monoisotopic (exact) mass is 128 g/mol. The van der Waals surface area contributed by atoms with Crippen LogP contribution in [0.15, 0.2) is 12.5 Å². The van der Waals surface area contributed by atoms with Gasteiger partial charge in [0.2, 0.25) is 0 Å². The molecular formula is C8H4N2. The lowest BCUT2D eigenvalue weighted by molar-refractivity contribution is 1.13. The molecule has 0 unspecified atom stereocenters. The summed E-state index contributed by atoms with van der Waals surface area (Å²) in [5, 5.41) is 0. The minimum atomic E-state index is 0.470. The lowest BCUT2D eigenvalue weighted by atomic mass is 10.2. The smallest absolute Gasteiger partial charge is 0.131 e. The average molecular weight is 128 g/mol. The zero-order valence-corrected chi connectivity index (χ0v) is 5.20. The van der Waals surface area contributed by atoms with Gasteiger partial charge in [-0.2, -0.15) is 0 Å². The molecule has 0 aliphatic heterocycles. The quantitative estimate of drug-likeness (QED) is 0.474. The number of aromatic nitrogens is 2. The second kappa shape index (κ2) is 2.66. The second-order valence-corrected chi connectivity index (χ2v) is 1.57. The third kappa shape index (κ3) is 0.962. The van der Waals surface area contributed by atoms with E-state index in [0.717, 1.165) is 0 Å². The van der Waals surface area contributed by atoms with Gasteiger partial charge in [-0.25, -0.2) is 9.97 Å². The Bertz CT molecular complexity index is 282. The summed E-state index contributed by atoms with van der Waals surface area (Å²) >= 11 is 0. The van der Waals surface area contributed by atoms with Crippen LogP contribution in [0.4, 0.5) is 0 Å². The van der Waals surface area contributed by atoms with Crippen LogP contribution in [-0.4, -0.2) is 9.97 Å². The Labute approximate surface area is 59.3 Å². The molecule has 0 bridgehead atoms. The van der Waals surface area contributed by atoms with Gasteiger partial charge in [0, 0.05) is 6.20 Å². The highest BCUT2D eigenvalue weighted by Gasteiger charge is 1.94. The normalized spacial score (nSPS) is 7.80. The van der Waals surface area contributed by atoms with E-state index in [-0.39, 0.29) is 0 Å². The standard InChI is InChI=1S/C8H4N2/c1-3-7-5-9-6-10-8(7)4-2/h1-2,5-6H. The van der Waals surface area contributed by atoms with Gasteiger partial charge in [-0.05, 0) is 5.92 Å². The molecule has 0 saturated heterocycles. The molecule has 0 spiro atoms. The topological polar surface area (TPSA) is 25.8 Å². The van der Waals surface area contributed by atoms with Crippen LogP contribution < -0.4 is 0 Å². The summed E-state index contributed by atoms with van der Waals surface area (Å²) < 4.78 is 0. The van der Waals surface area contributed by atoms with Gasteiger partial charge in [-0.3, -0.25) is 0 Å². The van der Waals surface area contributed by atoms with E-state index in [4.69, 9.17) is 12.8 Å². The van der Waals surface area contributed by atoms with Crippen molar-refractivity contribution in [3.63, 3.8) is 0 Å². The van der Waals surface area contributed by atoms with Gasteiger partial charge in [0.15, 0.2) is 0 Å². The highest BCUT2D eigenvalue weighted by molar-refractivity contribution is 5.41. The van der Waals surface area contributed by atoms with Crippen LogP contribution >= 0.6 is 0 Å². The molecule has 0 aromatic carbocycles. The van der Waals surface area contributed by atoms with Crippen molar-refractivity contribution in [2.75, 3.05) is 0 Å². The van der Waals surface area contributed by atoms with Gasteiger partial charge in [0.25, 0.3) is 0 Å². The van der Waals surface area contributed by atoms with Crippen LogP contribution in [0.1, 0.15) is 11.3 Å². The average Bonchev–Trinajstić information content (AvgIpc) is 2.04. The van der Waals surface area contributed by atoms with E-state index in [0.29, 0.717) is 11.3 Å². The van der Waals surface area contributed by atoms with Crippen molar-refractivity contribution < 1.29 is 0 Å². The summed E-state index contributed by atoms with van der Waals surface area (Å²) in [6.07, 6.45) is 13.1. The molecule has 0 amide bonds. The van der Waals surface area contributed by atoms with Crippen molar-refractivity contribution in [3.05, 3.63) is 23.8 Å². The largest absolute Gasteiger partial charge is 0.243 e. The Kier molecular flexibility index (Phi) is 1.68. The molecule has 2 nitrogen and oxygen atoms in total. The lowest BCUT2D eigenvalue weighted by Gasteiger charge is -1.90. The van der Waals surface area contributed by atoms with Gasteiger partial charge in [-0.1, -0.05) is 5.92 Å². The first-order chi connectivity index (χ1) is 4.88. The fraction of sp³-hybridized carbons (Fsp3) is 0. The zero-order chi connectivity index (χ0) is 7.40. The van der Waals surface area contributed by atoms with Crippen LogP contribution in [-0.2, 0) is 0 Å². The fourth-order valence-corrected chi connectivity index (χ4v) is 0.550.